The topological polar surface area (TPSA) is 61.7 Å². The van der Waals surface area contributed by atoms with Crippen molar-refractivity contribution in [2.75, 3.05) is 0 Å². The van der Waals surface area contributed by atoms with Crippen LogP contribution in [0.3, 0.4) is 0 Å². The summed E-state index contributed by atoms with van der Waals surface area (Å²) in [6.07, 6.45) is 1.81. The first-order valence-corrected chi connectivity index (χ1v) is 7.20. The second kappa shape index (κ2) is 7.04. The molecular formula is C16H15BrN2O2. The molecule has 0 saturated carbocycles. The van der Waals surface area contributed by atoms with Gasteiger partial charge in [0.1, 0.15) is 5.75 Å². The van der Waals surface area contributed by atoms with Crippen LogP contribution in [-0.2, 0) is 11.2 Å². The quantitative estimate of drug-likeness (QED) is 0.659. The van der Waals surface area contributed by atoms with Gasteiger partial charge in [-0.2, -0.15) is 5.10 Å². The number of amides is 1. The van der Waals surface area contributed by atoms with Crippen LogP contribution in [0.2, 0.25) is 0 Å². The van der Waals surface area contributed by atoms with Gasteiger partial charge in [-0.15, -0.1) is 0 Å². The summed E-state index contributed by atoms with van der Waals surface area (Å²) in [5, 5.41) is 13.3. The standard InChI is InChI=1S/C16H15BrN2O2/c1-11-2-4-12(5-3-11)9-16(21)19-18-10-13-6-7-15(20)14(17)8-13/h2-8,10,20H,9H2,1H3,(H,19,21)/b18-10+. The summed E-state index contributed by atoms with van der Waals surface area (Å²) < 4.78 is 0.581. The molecule has 1 amide bonds. The predicted octanol–water partition coefficient (Wildman–Crippen LogP) is 3.16. The molecule has 0 aliphatic heterocycles. The van der Waals surface area contributed by atoms with Gasteiger partial charge >= 0.3 is 0 Å². The number of nitrogens with one attached hydrogen (secondary N) is 1. The van der Waals surface area contributed by atoms with E-state index in [0.29, 0.717) is 4.47 Å². The Morgan fingerprint density at radius 2 is 2.00 bits per heavy atom. The molecule has 108 valence electrons. The first-order valence-electron chi connectivity index (χ1n) is 6.40. The summed E-state index contributed by atoms with van der Waals surface area (Å²) in [7, 11) is 0. The Morgan fingerprint density at radius 3 is 2.67 bits per heavy atom. The van der Waals surface area contributed by atoms with Crippen molar-refractivity contribution in [1.82, 2.24) is 5.43 Å². The van der Waals surface area contributed by atoms with Gasteiger partial charge in [0.05, 0.1) is 17.1 Å². The fourth-order valence-electron chi connectivity index (χ4n) is 1.71. The molecule has 0 radical (unpaired) electrons. The zero-order valence-corrected chi connectivity index (χ0v) is 13.1. The summed E-state index contributed by atoms with van der Waals surface area (Å²) in [4.78, 5) is 11.7. The second-order valence-corrected chi connectivity index (χ2v) is 5.52. The average molecular weight is 347 g/mol. The van der Waals surface area contributed by atoms with Gasteiger partial charge in [-0.05, 0) is 52.2 Å². The number of carbonyl (C=O) groups excluding carboxylic acids is 1. The highest BCUT2D eigenvalue weighted by atomic mass is 79.9. The number of aryl methyl sites for hydroxylation is 1. The molecule has 2 N–H and O–H groups in total. The molecular weight excluding hydrogens is 332 g/mol. The average Bonchev–Trinajstić information content (AvgIpc) is 2.45. The number of phenols is 1. The molecule has 0 spiro atoms. The van der Waals surface area contributed by atoms with Crippen molar-refractivity contribution in [2.24, 2.45) is 5.10 Å². The number of phenolic OH excluding ortho intramolecular Hbond substituents is 1. The lowest BCUT2D eigenvalue weighted by Crippen LogP contribution is -2.19. The van der Waals surface area contributed by atoms with E-state index in [9.17, 15) is 9.90 Å². The number of benzene rings is 2. The SMILES string of the molecule is Cc1ccc(CC(=O)N/N=C/c2ccc(O)c(Br)c2)cc1. The van der Waals surface area contributed by atoms with Gasteiger partial charge in [-0.3, -0.25) is 4.79 Å². The van der Waals surface area contributed by atoms with Crippen molar-refractivity contribution in [2.45, 2.75) is 13.3 Å². The molecule has 0 saturated heterocycles. The molecule has 0 aliphatic rings. The van der Waals surface area contributed by atoms with Gasteiger partial charge in [0, 0.05) is 0 Å². The van der Waals surface area contributed by atoms with Crippen LogP contribution in [0.1, 0.15) is 16.7 Å². The number of hydrazone groups is 1. The first-order chi connectivity index (χ1) is 10.0. The lowest BCUT2D eigenvalue weighted by Gasteiger charge is -2.01. The third-order valence-electron chi connectivity index (χ3n) is 2.86. The van der Waals surface area contributed by atoms with Crippen molar-refractivity contribution < 1.29 is 9.90 Å². The molecule has 0 aliphatic carbocycles. The Balaban J connectivity index is 1.89. The zero-order valence-electron chi connectivity index (χ0n) is 11.5. The van der Waals surface area contributed by atoms with Gasteiger partial charge in [-0.25, -0.2) is 5.43 Å². The molecule has 2 rings (SSSR count). The van der Waals surface area contributed by atoms with E-state index in [1.165, 1.54) is 6.21 Å². The molecule has 0 unspecified atom stereocenters. The summed E-state index contributed by atoms with van der Waals surface area (Å²) in [6, 6.07) is 12.8. The van der Waals surface area contributed by atoms with Crippen LogP contribution >= 0.6 is 15.9 Å². The molecule has 2 aromatic rings. The second-order valence-electron chi connectivity index (χ2n) is 4.67. The van der Waals surface area contributed by atoms with Crippen LogP contribution in [0.25, 0.3) is 0 Å². The number of hydrogen-bond acceptors (Lipinski definition) is 3. The maximum atomic E-state index is 11.7. The highest BCUT2D eigenvalue weighted by Gasteiger charge is 2.02. The van der Waals surface area contributed by atoms with Crippen molar-refractivity contribution in [1.29, 1.82) is 0 Å². The van der Waals surface area contributed by atoms with Gasteiger partial charge in [0.25, 0.3) is 0 Å². The lowest BCUT2D eigenvalue weighted by molar-refractivity contribution is -0.120. The van der Waals surface area contributed by atoms with Crippen molar-refractivity contribution in [3.8, 4) is 5.75 Å². The number of hydrogen-bond donors (Lipinski definition) is 2. The first kappa shape index (κ1) is 15.3. The van der Waals surface area contributed by atoms with E-state index in [4.69, 9.17) is 0 Å². The van der Waals surface area contributed by atoms with Crippen LogP contribution in [0.15, 0.2) is 52.0 Å². The molecule has 0 bridgehead atoms. The Morgan fingerprint density at radius 1 is 1.29 bits per heavy atom. The fourth-order valence-corrected chi connectivity index (χ4v) is 2.11. The van der Waals surface area contributed by atoms with Crippen LogP contribution in [0, 0.1) is 6.92 Å². The Bertz CT molecular complexity index is 666. The molecule has 4 nitrogen and oxygen atoms in total. The van der Waals surface area contributed by atoms with E-state index in [2.05, 4.69) is 26.5 Å². The van der Waals surface area contributed by atoms with Gasteiger partial charge in [0.15, 0.2) is 0 Å². The minimum atomic E-state index is -0.173. The lowest BCUT2D eigenvalue weighted by atomic mass is 10.1. The summed E-state index contributed by atoms with van der Waals surface area (Å²) >= 11 is 3.22. The summed E-state index contributed by atoms with van der Waals surface area (Å²) in [5.41, 5.74) is 5.36. The minimum Gasteiger partial charge on any atom is -0.507 e. The van der Waals surface area contributed by atoms with Crippen molar-refractivity contribution >= 4 is 28.1 Å². The largest absolute Gasteiger partial charge is 0.507 e. The van der Waals surface area contributed by atoms with Gasteiger partial charge < -0.3 is 5.11 Å². The smallest absolute Gasteiger partial charge is 0.244 e. The third kappa shape index (κ3) is 4.72. The number of halogens is 1. The van der Waals surface area contributed by atoms with Crippen LogP contribution in [0.4, 0.5) is 0 Å². The molecule has 2 aromatic carbocycles. The minimum absolute atomic E-state index is 0.163. The van der Waals surface area contributed by atoms with Gasteiger partial charge in [0.2, 0.25) is 5.91 Å². The Labute approximate surface area is 131 Å². The van der Waals surface area contributed by atoms with Crippen LogP contribution in [-0.4, -0.2) is 17.2 Å². The molecule has 0 fully saturated rings. The van der Waals surface area contributed by atoms with Gasteiger partial charge in [-0.1, -0.05) is 29.8 Å². The highest BCUT2D eigenvalue weighted by molar-refractivity contribution is 9.10. The molecule has 0 atom stereocenters. The Hall–Kier alpha value is -2.14. The Kier molecular flexibility index (Phi) is 5.11. The maximum absolute atomic E-state index is 11.7. The normalized spacial score (nSPS) is 10.8. The predicted molar refractivity (Wildman–Crippen MR) is 86.4 cm³/mol. The monoisotopic (exact) mass is 346 g/mol. The molecule has 5 heteroatoms. The molecule has 21 heavy (non-hydrogen) atoms. The highest BCUT2D eigenvalue weighted by Crippen LogP contribution is 2.23. The fraction of sp³-hybridized carbons (Fsp3) is 0.125. The maximum Gasteiger partial charge on any atom is 0.244 e. The molecule has 0 aromatic heterocycles. The van der Waals surface area contributed by atoms with E-state index in [-0.39, 0.29) is 18.1 Å². The summed E-state index contributed by atoms with van der Waals surface area (Å²) in [6.45, 7) is 2.00. The van der Waals surface area contributed by atoms with E-state index in [1.54, 1.807) is 18.2 Å². The van der Waals surface area contributed by atoms with Crippen molar-refractivity contribution in [3.63, 3.8) is 0 Å². The molecule has 0 heterocycles. The van der Waals surface area contributed by atoms with Crippen molar-refractivity contribution in [3.05, 3.63) is 63.6 Å². The number of aromatic hydroxyl groups is 1. The van der Waals surface area contributed by atoms with Crippen LogP contribution in [0.5, 0.6) is 5.75 Å². The van der Waals surface area contributed by atoms with E-state index in [1.807, 2.05) is 31.2 Å². The number of carbonyl (C=O) groups is 1. The van der Waals surface area contributed by atoms with Crippen LogP contribution < -0.4 is 5.43 Å². The summed E-state index contributed by atoms with van der Waals surface area (Å²) in [5.74, 6) is -0.0106. The number of nitrogens with zero attached hydrogens (tertiary/aromatic N) is 1. The number of rotatable bonds is 4. The zero-order chi connectivity index (χ0) is 15.2. The third-order valence-corrected chi connectivity index (χ3v) is 3.50. The van der Waals surface area contributed by atoms with E-state index in [0.717, 1.165) is 16.7 Å². The van der Waals surface area contributed by atoms with E-state index >= 15 is 0 Å². The van der Waals surface area contributed by atoms with E-state index < -0.39 is 0 Å².